The first kappa shape index (κ1) is 16.5. The lowest BCUT2D eigenvalue weighted by molar-refractivity contribution is 0.354. The lowest BCUT2D eigenvalue weighted by Crippen LogP contribution is -1.92. The molecule has 1 aromatic rings. The van der Waals surface area contributed by atoms with Crippen molar-refractivity contribution >= 4 is 12.4 Å². The maximum Gasteiger partial charge on any atom is 0.160 e. The van der Waals surface area contributed by atoms with Gasteiger partial charge in [-0.25, -0.2) is 0 Å². The van der Waals surface area contributed by atoms with E-state index >= 15 is 0 Å². The fourth-order valence-electron chi connectivity index (χ4n) is 1.32. The number of ether oxygens (including phenoxy) is 2. The number of halogens is 1. The van der Waals surface area contributed by atoms with E-state index in [1.165, 1.54) is 5.56 Å². The van der Waals surface area contributed by atoms with Crippen LogP contribution < -0.4 is 15.6 Å². The van der Waals surface area contributed by atoms with Gasteiger partial charge in [-0.3, -0.25) is 0 Å². The highest BCUT2D eigenvalue weighted by Gasteiger charge is 2.03. The highest BCUT2D eigenvalue weighted by atomic mass is 35.5. The fraction of sp³-hybridized carbons (Fsp3) is 0.455. The average molecular weight is 234 g/mol. The molecule has 0 spiro atoms. The van der Waals surface area contributed by atoms with Gasteiger partial charge < -0.3 is 15.6 Å². The maximum atomic E-state index is 5.20. The van der Waals surface area contributed by atoms with Gasteiger partial charge in [0.1, 0.15) is 0 Å². The molecule has 0 bridgehead atoms. The summed E-state index contributed by atoms with van der Waals surface area (Å²) in [5.41, 5.74) is 1.29. The van der Waals surface area contributed by atoms with Crippen LogP contribution in [0.1, 0.15) is 18.9 Å². The normalized spacial score (nSPS) is 8.47. The molecule has 88 valence electrons. The van der Waals surface area contributed by atoms with E-state index in [9.17, 15) is 0 Å². The molecular weight excluding hydrogens is 214 g/mol. The molecule has 3 nitrogen and oxygen atoms in total. The van der Waals surface area contributed by atoms with Crippen molar-refractivity contribution in [3.8, 4) is 11.5 Å². The van der Waals surface area contributed by atoms with E-state index in [0.717, 1.165) is 24.3 Å². The van der Waals surface area contributed by atoms with Crippen LogP contribution in [0.5, 0.6) is 11.5 Å². The molecule has 3 N–H and O–H groups in total. The third-order valence-corrected chi connectivity index (χ3v) is 1.99. The van der Waals surface area contributed by atoms with Crippen molar-refractivity contribution in [3.05, 3.63) is 23.8 Å². The van der Waals surface area contributed by atoms with Crippen LogP contribution in [0.3, 0.4) is 0 Å². The molecule has 0 aliphatic rings. The first-order valence-electron chi connectivity index (χ1n) is 4.52. The Morgan fingerprint density at radius 2 is 1.67 bits per heavy atom. The third-order valence-electron chi connectivity index (χ3n) is 1.99. The summed E-state index contributed by atoms with van der Waals surface area (Å²) < 4.78 is 10.3. The Morgan fingerprint density at radius 3 is 2.13 bits per heavy atom. The van der Waals surface area contributed by atoms with E-state index < -0.39 is 0 Å². The highest BCUT2D eigenvalue weighted by molar-refractivity contribution is 5.85. The minimum Gasteiger partial charge on any atom is -0.493 e. The molecule has 0 radical (unpaired) electrons. The second-order valence-electron chi connectivity index (χ2n) is 2.94. The maximum absolute atomic E-state index is 5.20. The van der Waals surface area contributed by atoms with Gasteiger partial charge in [-0.2, -0.15) is 0 Å². The van der Waals surface area contributed by atoms with Gasteiger partial charge in [-0.1, -0.05) is 19.4 Å². The van der Waals surface area contributed by atoms with Crippen LogP contribution in [0.25, 0.3) is 0 Å². The molecule has 0 aliphatic carbocycles. The van der Waals surface area contributed by atoms with Gasteiger partial charge in [-0.15, -0.1) is 12.4 Å². The Bertz CT molecular complexity index is 279. The van der Waals surface area contributed by atoms with Gasteiger partial charge in [0.2, 0.25) is 0 Å². The molecule has 0 unspecified atom stereocenters. The quantitative estimate of drug-likeness (QED) is 0.869. The van der Waals surface area contributed by atoms with E-state index in [4.69, 9.17) is 9.47 Å². The van der Waals surface area contributed by atoms with Gasteiger partial charge in [-0.05, 0) is 24.1 Å². The monoisotopic (exact) mass is 233 g/mol. The van der Waals surface area contributed by atoms with Crippen LogP contribution in [-0.4, -0.2) is 14.2 Å². The number of hydrogen-bond acceptors (Lipinski definition) is 3. The SMILES string of the molecule is CCCc1ccc(OC)c(OC)c1.Cl.N. The van der Waals surface area contributed by atoms with Gasteiger partial charge in [0, 0.05) is 0 Å². The van der Waals surface area contributed by atoms with Crippen molar-refractivity contribution < 1.29 is 9.47 Å². The van der Waals surface area contributed by atoms with Crippen molar-refractivity contribution in [3.63, 3.8) is 0 Å². The number of methoxy groups -OCH3 is 2. The van der Waals surface area contributed by atoms with Crippen molar-refractivity contribution in [2.45, 2.75) is 19.8 Å². The van der Waals surface area contributed by atoms with Gasteiger partial charge >= 0.3 is 0 Å². The molecule has 1 aromatic carbocycles. The first-order valence-corrected chi connectivity index (χ1v) is 4.52. The number of rotatable bonds is 4. The van der Waals surface area contributed by atoms with Crippen LogP contribution in [0.4, 0.5) is 0 Å². The predicted molar refractivity (Wildman–Crippen MR) is 65.8 cm³/mol. The molecule has 1 rings (SSSR count). The summed E-state index contributed by atoms with van der Waals surface area (Å²) in [4.78, 5) is 0. The van der Waals surface area contributed by atoms with E-state index in [1.54, 1.807) is 14.2 Å². The van der Waals surface area contributed by atoms with Crippen LogP contribution in [0.15, 0.2) is 18.2 Å². The fourth-order valence-corrected chi connectivity index (χ4v) is 1.32. The standard InChI is InChI=1S/C11H16O2.ClH.H3N/c1-4-5-9-6-7-10(12-2)11(8-9)13-3;;/h6-8H,4-5H2,1-3H3;1H;1H3. The molecule has 0 fully saturated rings. The van der Waals surface area contributed by atoms with E-state index in [2.05, 4.69) is 13.0 Å². The summed E-state index contributed by atoms with van der Waals surface area (Å²) in [6.07, 6.45) is 2.23. The summed E-state index contributed by atoms with van der Waals surface area (Å²) in [6, 6.07) is 6.05. The van der Waals surface area contributed by atoms with Crippen LogP contribution >= 0.6 is 12.4 Å². The Kier molecular flexibility index (Phi) is 9.22. The molecule has 15 heavy (non-hydrogen) atoms. The summed E-state index contributed by atoms with van der Waals surface area (Å²) in [5.74, 6) is 1.61. The Morgan fingerprint density at radius 1 is 1.07 bits per heavy atom. The third kappa shape index (κ3) is 4.40. The number of hydrogen-bond donors (Lipinski definition) is 1. The predicted octanol–water partition coefficient (Wildman–Crippen LogP) is 3.24. The second kappa shape index (κ2) is 8.38. The number of benzene rings is 1. The second-order valence-corrected chi connectivity index (χ2v) is 2.94. The van der Waals surface area contributed by atoms with Gasteiger partial charge in [0.15, 0.2) is 11.5 Å². The largest absolute Gasteiger partial charge is 0.493 e. The van der Waals surface area contributed by atoms with Crippen LogP contribution in [-0.2, 0) is 6.42 Å². The number of aryl methyl sites for hydroxylation is 1. The van der Waals surface area contributed by atoms with E-state index in [1.807, 2.05) is 12.1 Å². The van der Waals surface area contributed by atoms with Crippen molar-refractivity contribution in [2.24, 2.45) is 0 Å². The van der Waals surface area contributed by atoms with Crippen molar-refractivity contribution in [1.29, 1.82) is 0 Å². The summed E-state index contributed by atoms with van der Waals surface area (Å²) in [6.45, 7) is 2.16. The zero-order chi connectivity index (χ0) is 9.68. The highest BCUT2D eigenvalue weighted by Crippen LogP contribution is 2.27. The topological polar surface area (TPSA) is 53.5 Å². The summed E-state index contributed by atoms with van der Waals surface area (Å²) >= 11 is 0. The summed E-state index contributed by atoms with van der Waals surface area (Å²) in [7, 11) is 3.31. The molecule has 0 aliphatic heterocycles. The molecular formula is C11H20ClNO2. The Hall–Kier alpha value is -0.930. The molecule has 0 saturated heterocycles. The minimum absolute atomic E-state index is 0. The first-order chi connectivity index (χ1) is 6.31. The molecule has 0 amide bonds. The molecule has 0 heterocycles. The smallest absolute Gasteiger partial charge is 0.160 e. The zero-order valence-electron chi connectivity index (χ0n) is 9.58. The minimum atomic E-state index is 0. The average Bonchev–Trinajstić information content (AvgIpc) is 2.18. The van der Waals surface area contributed by atoms with E-state index in [-0.39, 0.29) is 18.6 Å². The lowest BCUT2D eigenvalue weighted by atomic mass is 10.1. The molecule has 0 atom stereocenters. The summed E-state index contributed by atoms with van der Waals surface area (Å²) in [5, 5.41) is 0. The van der Waals surface area contributed by atoms with E-state index in [0.29, 0.717) is 0 Å². The van der Waals surface area contributed by atoms with Crippen LogP contribution in [0.2, 0.25) is 0 Å². The van der Waals surface area contributed by atoms with Crippen molar-refractivity contribution in [2.75, 3.05) is 14.2 Å². The van der Waals surface area contributed by atoms with Gasteiger partial charge in [0.25, 0.3) is 0 Å². The molecule has 4 heteroatoms. The zero-order valence-corrected chi connectivity index (χ0v) is 10.4. The molecule has 0 saturated carbocycles. The Balaban J connectivity index is 0. The lowest BCUT2D eigenvalue weighted by Gasteiger charge is -2.08. The van der Waals surface area contributed by atoms with Gasteiger partial charge in [0.05, 0.1) is 14.2 Å². The van der Waals surface area contributed by atoms with Crippen LogP contribution in [0, 0.1) is 0 Å². The van der Waals surface area contributed by atoms with Crippen molar-refractivity contribution in [1.82, 2.24) is 6.15 Å². The molecule has 0 aromatic heterocycles. The Labute approximate surface area is 97.8 Å².